The molecule has 3 aliphatic heterocycles. The van der Waals surface area contributed by atoms with Crippen LogP contribution in [0.1, 0.15) is 51.9 Å². The van der Waals surface area contributed by atoms with E-state index < -0.39 is 105 Å². The van der Waals surface area contributed by atoms with Crippen molar-refractivity contribution in [2.75, 3.05) is 26.9 Å². The molecule has 0 aliphatic carbocycles. The highest BCUT2D eigenvalue weighted by Crippen LogP contribution is 2.33. The largest absolute Gasteiger partial charge is 0.469 e. The molecule has 45 heavy (non-hydrogen) atoms. The van der Waals surface area contributed by atoms with Crippen LogP contribution in [0.5, 0.6) is 0 Å². The molecule has 0 saturated carbocycles. The highest BCUT2D eigenvalue weighted by atomic mass is 16.8. The minimum atomic E-state index is -1.84. The number of hydrogen-bond acceptors (Lipinski definition) is 17. The van der Waals surface area contributed by atoms with Gasteiger partial charge >= 0.3 is 5.97 Å². The number of carbonyl (C=O) groups is 1. The van der Waals surface area contributed by atoms with Gasteiger partial charge in [-0.25, -0.2) is 0 Å². The van der Waals surface area contributed by atoms with Crippen LogP contribution < -0.4 is 0 Å². The van der Waals surface area contributed by atoms with Gasteiger partial charge in [0, 0.05) is 13.0 Å². The molecule has 3 aliphatic rings. The second kappa shape index (κ2) is 18.4. The average Bonchev–Trinajstić information content (AvgIpc) is 3.03. The van der Waals surface area contributed by atoms with Crippen LogP contribution in [0.25, 0.3) is 0 Å². The summed E-state index contributed by atoms with van der Waals surface area (Å²) in [5, 5.41) is 92.6. The second-order valence-electron chi connectivity index (χ2n) is 11.6. The van der Waals surface area contributed by atoms with Gasteiger partial charge in [0.2, 0.25) is 0 Å². The molecule has 3 heterocycles. The van der Waals surface area contributed by atoms with Crippen molar-refractivity contribution < 1.29 is 83.9 Å². The monoisotopic (exact) mass is 658 g/mol. The fourth-order valence-corrected chi connectivity index (χ4v) is 5.47. The van der Waals surface area contributed by atoms with Crippen LogP contribution in [0.4, 0.5) is 0 Å². The summed E-state index contributed by atoms with van der Waals surface area (Å²) in [6.45, 7) is 0.130. The highest BCUT2D eigenvalue weighted by Gasteiger charge is 2.54. The van der Waals surface area contributed by atoms with E-state index in [9.17, 15) is 50.8 Å². The molecule has 3 fully saturated rings. The van der Waals surface area contributed by atoms with E-state index >= 15 is 0 Å². The molecule has 0 aromatic carbocycles. The average molecular weight is 659 g/mol. The SMILES string of the molecule is COC(=O)CCCCCCCCO[C@@H]1O[C@H](CO)[C@H](O)[C@H](O[C@H]2O[C@H](CO)[C@H](O)[C@H](O)[C@H]2O)[C@H]1O[C@@H]1O[C@@H](C)[C@@H](O)[C@@H](O)[C@@H]1O. The van der Waals surface area contributed by atoms with Crippen molar-refractivity contribution in [1.82, 2.24) is 0 Å². The Bertz CT molecular complexity index is 865. The van der Waals surface area contributed by atoms with Crippen LogP contribution in [0, 0.1) is 0 Å². The van der Waals surface area contributed by atoms with Crippen LogP contribution in [0.15, 0.2) is 0 Å². The van der Waals surface area contributed by atoms with Crippen LogP contribution in [-0.4, -0.2) is 171 Å². The molecule has 0 unspecified atom stereocenters. The molecule has 17 nitrogen and oxygen atoms in total. The number of rotatable bonds is 16. The maximum absolute atomic E-state index is 11.2. The Balaban J connectivity index is 1.73. The molecule has 264 valence electrons. The van der Waals surface area contributed by atoms with Gasteiger partial charge in [-0.05, 0) is 19.8 Å². The number of hydrogen-bond donors (Lipinski definition) is 9. The zero-order chi connectivity index (χ0) is 33.3. The van der Waals surface area contributed by atoms with E-state index in [1.165, 1.54) is 14.0 Å². The summed E-state index contributed by atoms with van der Waals surface area (Å²) in [6, 6.07) is 0. The smallest absolute Gasteiger partial charge is 0.305 e. The van der Waals surface area contributed by atoms with Crippen molar-refractivity contribution in [3.05, 3.63) is 0 Å². The molecular formula is C28H50O17. The van der Waals surface area contributed by atoms with Gasteiger partial charge in [-0.1, -0.05) is 25.7 Å². The fourth-order valence-electron chi connectivity index (χ4n) is 5.47. The van der Waals surface area contributed by atoms with Crippen molar-refractivity contribution in [2.24, 2.45) is 0 Å². The normalized spacial score (nSPS) is 42.4. The standard InChI is InChI=1S/C28H50O17/c1-13-17(32)20(35)22(37)26(41-13)45-25-24(44-27-23(38)21(36)18(33)14(11-29)42-27)19(34)15(12-30)43-28(25)40-10-8-6-4-3-5-7-9-16(31)39-2/h13-15,17-30,32-38H,3-12H2,1-2H3/t13-,14+,15+,17+,18-,19-,20+,21-,22-,23+,24-,25+,26-,27+,28+/m0/s1. The maximum atomic E-state index is 11.2. The molecule has 3 rings (SSSR count). The van der Waals surface area contributed by atoms with Gasteiger partial charge in [0.25, 0.3) is 0 Å². The van der Waals surface area contributed by atoms with Crippen LogP contribution in [-0.2, 0) is 38.0 Å². The minimum Gasteiger partial charge on any atom is -0.469 e. The first kappa shape index (κ1) is 38.3. The van der Waals surface area contributed by atoms with E-state index in [4.69, 9.17) is 28.4 Å². The summed E-state index contributed by atoms with van der Waals surface area (Å²) in [5.41, 5.74) is 0. The quantitative estimate of drug-likeness (QED) is 0.0572. The van der Waals surface area contributed by atoms with Crippen LogP contribution in [0.2, 0.25) is 0 Å². The lowest BCUT2D eigenvalue weighted by Gasteiger charge is -2.48. The lowest BCUT2D eigenvalue weighted by Crippen LogP contribution is -2.67. The molecule has 0 bridgehead atoms. The number of esters is 1. The van der Waals surface area contributed by atoms with Crippen molar-refractivity contribution in [3.63, 3.8) is 0 Å². The molecule has 0 spiro atoms. The first-order valence-corrected chi connectivity index (χ1v) is 15.4. The van der Waals surface area contributed by atoms with E-state index in [0.717, 1.165) is 32.1 Å². The van der Waals surface area contributed by atoms with Gasteiger partial charge in [0.1, 0.15) is 67.1 Å². The van der Waals surface area contributed by atoms with Crippen molar-refractivity contribution in [1.29, 1.82) is 0 Å². The van der Waals surface area contributed by atoms with Gasteiger partial charge in [-0.15, -0.1) is 0 Å². The Kier molecular flexibility index (Phi) is 15.7. The van der Waals surface area contributed by atoms with E-state index in [2.05, 4.69) is 4.74 Å². The topological polar surface area (TPSA) is 264 Å². The Morgan fingerprint density at radius 2 is 1.11 bits per heavy atom. The number of methoxy groups -OCH3 is 1. The second-order valence-corrected chi connectivity index (χ2v) is 11.6. The van der Waals surface area contributed by atoms with Crippen molar-refractivity contribution >= 4 is 5.97 Å². The summed E-state index contributed by atoms with van der Waals surface area (Å²) in [7, 11) is 1.35. The molecule has 17 heteroatoms. The van der Waals surface area contributed by atoms with E-state index in [-0.39, 0.29) is 12.6 Å². The first-order valence-electron chi connectivity index (χ1n) is 15.4. The highest BCUT2D eigenvalue weighted by molar-refractivity contribution is 5.68. The minimum absolute atomic E-state index is 0.125. The van der Waals surface area contributed by atoms with Gasteiger partial charge in [0.15, 0.2) is 18.9 Å². The molecule has 0 amide bonds. The van der Waals surface area contributed by atoms with Crippen LogP contribution in [0.3, 0.4) is 0 Å². The van der Waals surface area contributed by atoms with Gasteiger partial charge < -0.3 is 79.1 Å². The van der Waals surface area contributed by atoms with Gasteiger partial charge in [-0.3, -0.25) is 4.79 Å². The first-order chi connectivity index (χ1) is 21.4. The predicted molar refractivity (Wildman–Crippen MR) is 148 cm³/mol. The third kappa shape index (κ3) is 9.94. The summed E-state index contributed by atoms with van der Waals surface area (Å²) in [5.74, 6) is -0.251. The van der Waals surface area contributed by atoms with Crippen molar-refractivity contribution in [2.45, 2.75) is 144 Å². The van der Waals surface area contributed by atoms with E-state index in [1.807, 2.05) is 0 Å². The third-order valence-corrected chi connectivity index (χ3v) is 8.32. The summed E-state index contributed by atoms with van der Waals surface area (Å²) in [4.78, 5) is 11.2. The van der Waals surface area contributed by atoms with Crippen molar-refractivity contribution in [3.8, 4) is 0 Å². The molecule has 0 aromatic rings. The third-order valence-electron chi connectivity index (χ3n) is 8.32. The molecule has 0 radical (unpaired) electrons. The Labute approximate surface area is 261 Å². The molecular weight excluding hydrogens is 608 g/mol. The summed E-state index contributed by atoms with van der Waals surface area (Å²) in [6.07, 6.45) is -18.1. The van der Waals surface area contributed by atoms with Gasteiger partial charge in [-0.2, -0.15) is 0 Å². The zero-order valence-electron chi connectivity index (χ0n) is 25.5. The van der Waals surface area contributed by atoms with E-state index in [0.29, 0.717) is 12.8 Å². The van der Waals surface area contributed by atoms with Gasteiger partial charge in [0.05, 0.1) is 26.4 Å². The number of aliphatic hydroxyl groups is 9. The van der Waals surface area contributed by atoms with E-state index in [1.54, 1.807) is 0 Å². The number of aliphatic hydroxyl groups excluding tert-OH is 9. The maximum Gasteiger partial charge on any atom is 0.305 e. The summed E-state index contributed by atoms with van der Waals surface area (Å²) < 4.78 is 39.2. The molecule has 0 aromatic heterocycles. The fraction of sp³-hybridized carbons (Fsp3) is 0.964. The number of carbonyl (C=O) groups excluding carboxylic acids is 1. The summed E-state index contributed by atoms with van der Waals surface area (Å²) >= 11 is 0. The Hall–Kier alpha value is -1.13. The molecule has 9 N–H and O–H groups in total. The number of unbranched alkanes of at least 4 members (excludes halogenated alkanes) is 5. The van der Waals surface area contributed by atoms with Crippen LogP contribution >= 0.6 is 0 Å². The number of ether oxygens (including phenoxy) is 7. The zero-order valence-corrected chi connectivity index (χ0v) is 25.5. The lowest BCUT2D eigenvalue weighted by atomic mass is 9.96. The predicted octanol–water partition coefficient (Wildman–Crippen LogP) is -3.62. The lowest BCUT2D eigenvalue weighted by molar-refractivity contribution is -0.390. The molecule has 3 saturated heterocycles. The Morgan fingerprint density at radius 3 is 1.73 bits per heavy atom. The Morgan fingerprint density at radius 1 is 0.600 bits per heavy atom. The molecule has 15 atom stereocenters.